The van der Waals surface area contributed by atoms with Crippen LogP contribution in [0.5, 0.6) is 0 Å². The normalized spacial score (nSPS) is 13.5. The van der Waals surface area contributed by atoms with Gasteiger partial charge in [-0.3, -0.25) is 14.2 Å². The van der Waals surface area contributed by atoms with Crippen LogP contribution in [0.2, 0.25) is 0 Å². The molecular weight excluding hydrogens is 377 g/mol. The van der Waals surface area contributed by atoms with Gasteiger partial charge in [-0.1, -0.05) is 12.1 Å². The van der Waals surface area contributed by atoms with Crippen LogP contribution in [0.4, 0.5) is 4.39 Å². The van der Waals surface area contributed by atoms with Gasteiger partial charge in [-0.2, -0.15) is 0 Å². The summed E-state index contributed by atoms with van der Waals surface area (Å²) in [6.45, 7) is 0.795. The van der Waals surface area contributed by atoms with Crippen LogP contribution in [-0.2, 0) is 30.6 Å². The summed E-state index contributed by atoms with van der Waals surface area (Å²) >= 11 is 1.63. The summed E-state index contributed by atoms with van der Waals surface area (Å²) in [7, 11) is 0. The number of thiophene rings is 1. The molecule has 146 valence electrons. The SMILES string of the molecule is O=C(CCn1cnc2sc3c(c2c1=O)CCCC3)NCCc1ccc(F)cc1. The van der Waals surface area contributed by atoms with Crippen molar-refractivity contribution in [1.29, 1.82) is 0 Å². The Kier molecular flexibility index (Phi) is 5.52. The van der Waals surface area contributed by atoms with Gasteiger partial charge in [0.1, 0.15) is 10.6 Å². The number of nitrogens with one attached hydrogen (secondary N) is 1. The molecule has 2 aromatic heterocycles. The Hall–Kier alpha value is -2.54. The lowest BCUT2D eigenvalue weighted by Gasteiger charge is -2.10. The lowest BCUT2D eigenvalue weighted by molar-refractivity contribution is -0.121. The van der Waals surface area contributed by atoms with Crippen molar-refractivity contribution in [1.82, 2.24) is 14.9 Å². The molecule has 5 nitrogen and oxygen atoms in total. The average molecular weight is 399 g/mol. The van der Waals surface area contributed by atoms with Gasteiger partial charge in [-0.05, 0) is 55.4 Å². The van der Waals surface area contributed by atoms with Crippen molar-refractivity contribution in [2.24, 2.45) is 0 Å². The zero-order valence-electron chi connectivity index (χ0n) is 15.5. The van der Waals surface area contributed by atoms with Crippen LogP contribution in [0.25, 0.3) is 10.2 Å². The third kappa shape index (κ3) is 3.99. The highest BCUT2D eigenvalue weighted by Crippen LogP contribution is 2.33. The molecule has 1 aliphatic rings. The Bertz CT molecular complexity index is 1060. The number of aryl methyl sites for hydroxylation is 3. The third-order valence-corrected chi connectivity index (χ3v) is 6.37. The molecular formula is C21H22FN3O2S. The Morgan fingerprint density at radius 1 is 1.21 bits per heavy atom. The molecule has 28 heavy (non-hydrogen) atoms. The number of fused-ring (bicyclic) bond motifs is 3. The van der Waals surface area contributed by atoms with Crippen molar-refractivity contribution in [3.05, 3.63) is 62.8 Å². The van der Waals surface area contributed by atoms with Gasteiger partial charge in [0, 0.05) is 24.4 Å². The van der Waals surface area contributed by atoms with E-state index in [4.69, 9.17) is 0 Å². The zero-order chi connectivity index (χ0) is 19.5. The summed E-state index contributed by atoms with van der Waals surface area (Å²) in [6, 6.07) is 6.25. The summed E-state index contributed by atoms with van der Waals surface area (Å²) < 4.78 is 14.4. The van der Waals surface area contributed by atoms with Crippen LogP contribution in [-0.4, -0.2) is 22.0 Å². The number of rotatable bonds is 6. The molecule has 0 bridgehead atoms. The molecule has 1 N–H and O–H groups in total. The number of carbonyl (C=O) groups is 1. The molecule has 0 aliphatic heterocycles. The minimum Gasteiger partial charge on any atom is -0.356 e. The molecule has 0 unspecified atom stereocenters. The van der Waals surface area contributed by atoms with Crippen LogP contribution in [0.1, 0.15) is 35.3 Å². The van der Waals surface area contributed by atoms with E-state index in [0.717, 1.165) is 35.0 Å². The first-order valence-electron chi connectivity index (χ1n) is 9.62. The first-order valence-corrected chi connectivity index (χ1v) is 10.4. The number of benzene rings is 1. The largest absolute Gasteiger partial charge is 0.356 e. The summed E-state index contributed by atoms with van der Waals surface area (Å²) in [4.78, 5) is 31.5. The van der Waals surface area contributed by atoms with Crippen LogP contribution >= 0.6 is 11.3 Å². The van der Waals surface area contributed by atoms with Gasteiger partial charge in [-0.25, -0.2) is 9.37 Å². The van der Waals surface area contributed by atoms with Crippen molar-refractivity contribution in [2.45, 2.75) is 45.1 Å². The minimum absolute atomic E-state index is 0.0384. The quantitative estimate of drug-likeness (QED) is 0.692. The van der Waals surface area contributed by atoms with Gasteiger partial charge in [0.05, 0.1) is 11.7 Å². The van der Waals surface area contributed by atoms with Crippen molar-refractivity contribution < 1.29 is 9.18 Å². The minimum atomic E-state index is -0.268. The van der Waals surface area contributed by atoms with E-state index in [1.807, 2.05) is 0 Å². The van der Waals surface area contributed by atoms with Crippen LogP contribution in [0.3, 0.4) is 0 Å². The molecule has 0 atom stereocenters. The maximum atomic E-state index is 12.9. The van der Waals surface area contributed by atoms with Crippen molar-refractivity contribution in [2.75, 3.05) is 6.54 Å². The van der Waals surface area contributed by atoms with Crippen molar-refractivity contribution in [3.8, 4) is 0 Å². The predicted molar refractivity (Wildman–Crippen MR) is 108 cm³/mol. The molecule has 0 saturated heterocycles. The molecule has 2 heterocycles. The first kappa shape index (κ1) is 18.8. The number of carbonyl (C=O) groups excluding carboxylic acids is 1. The summed E-state index contributed by atoms with van der Waals surface area (Å²) in [6.07, 6.45) is 6.68. The Morgan fingerprint density at radius 3 is 2.82 bits per heavy atom. The molecule has 0 spiro atoms. The number of hydrogen-bond donors (Lipinski definition) is 1. The second-order valence-electron chi connectivity index (χ2n) is 7.11. The van der Waals surface area contributed by atoms with Gasteiger partial charge in [-0.15, -0.1) is 11.3 Å². The average Bonchev–Trinajstić information content (AvgIpc) is 3.08. The maximum Gasteiger partial charge on any atom is 0.262 e. The Morgan fingerprint density at radius 2 is 2.00 bits per heavy atom. The second-order valence-corrected chi connectivity index (χ2v) is 8.19. The fourth-order valence-corrected chi connectivity index (χ4v) is 4.87. The Balaban J connectivity index is 1.36. The molecule has 4 rings (SSSR count). The first-order chi connectivity index (χ1) is 13.6. The van der Waals surface area contributed by atoms with Crippen molar-refractivity contribution in [3.63, 3.8) is 0 Å². The van der Waals surface area contributed by atoms with Crippen LogP contribution in [0, 0.1) is 5.82 Å². The third-order valence-electron chi connectivity index (χ3n) is 5.17. The fraction of sp³-hybridized carbons (Fsp3) is 0.381. The molecule has 3 aromatic rings. The molecule has 0 saturated carbocycles. The monoisotopic (exact) mass is 399 g/mol. The van der Waals surface area contributed by atoms with Gasteiger partial charge >= 0.3 is 0 Å². The van der Waals surface area contributed by atoms with E-state index in [1.165, 1.54) is 29.0 Å². The highest BCUT2D eigenvalue weighted by molar-refractivity contribution is 7.18. The summed E-state index contributed by atoms with van der Waals surface area (Å²) in [5.74, 6) is -0.378. The number of amides is 1. The van der Waals surface area contributed by atoms with Gasteiger partial charge in [0.2, 0.25) is 5.91 Å². The zero-order valence-corrected chi connectivity index (χ0v) is 16.4. The van der Waals surface area contributed by atoms with E-state index in [2.05, 4.69) is 10.3 Å². The standard InChI is InChI=1S/C21H22FN3O2S/c22-15-7-5-14(6-8-15)9-11-23-18(26)10-12-25-13-24-20-19(21(25)27)16-3-1-2-4-17(16)28-20/h5-8,13H,1-4,9-12H2,(H,23,26). The van der Waals surface area contributed by atoms with Crippen LogP contribution in [0.15, 0.2) is 35.4 Å². The molecule has 7 heteroatoms. The maximum absolute atomic E-state index is 12.9. The van der Waals surface area contributed by atoms with Gasteiger partial charge in [0.25, 0.3) is 5.56 Å². The summed E-state index contributed by atoms with van der Waals surface area (Å²) in [5.41, 5.74) is 2.10. The number of aromatic nitrogens is 2. The van der Waals surface area contributed by atoms with E-state index in [1.54, 1.807) is 34.4 Å². The lowest BCUT2D eigenvalue weighted by Crippen LogP contribution is -2.29. The number of nitrogens with zero attached hydrogens (tertiary/aromatic N) is 2. The highest BCUT2D eigenvalue weighted by Gasteiger charge is 2.20. The van der Waals surface area contributed by atoms with E-state index in [0.29, 0.717) is 19.5 Å². The molecule has 1 aliphatic carbocycles. The van der Waals surface area contributed by atoms with Crippen molar-refractivity contribution >= 4 is 27.5 Å². The number of halogens is 1. The number of hydrogen-bond acceptors (Lipinski definition) is 4. The smallest absolute Gasteiger partial charge is 0.262 e. The summed E-state index contributed by atoms with van der Waals surface area (Å²) in [5, 5.41) is 3.60. The van der Waals surface area contributed by atoms with Gasteiger partial charge < -0.3 is 5.32 Å². The van der Waals surface area contributed by atoms with E-state index >= 15 is 0 Å². The molecule has 0 fully saturated rings. The molecule has 1 aromatic carbocycles. The van der Waals surface area contributed by atoms with E-state index in [-0.39, 0.29) is 23.7 Å². The topological polar surface area (TPSA) is 64.0 Å². The van der Waals surface area contributed by atoms with E-state index < -0.39 is 0 Å². The van der Waals surface area contributed by atoms with Gasteiger partial charge in [0.15, 0.2) is 0 Å². The predicted octanol–water partition coefficient (Wildman–Crippen LogP) is 3.22. The van der Waals surface area contributed by atoms with E-state index in [9.17, 15) is 14.0 Å². The molecule has 1 amide bonds. The second kappa shape index (κ2) is 8.22. The fourth-order valence-electron chi connectivity index (χ4n) is 3.65. The molecule has 0 radical (unpaired) electrons. The highest BCUT2D eigenvalue weighted by atomic mass is 32.1. The Labute approximate surface area is 166 Å². The van der Waals surface area contributed by atoms with Crippen LogP contribution < -0.4 is 10.9 Å². The lowest BCUT2D eigenvalue weighted by atomic mass is 9.97.